The Kier molecular flexibility index (Phi) is 5.64. The van der Waals surface area contributed by atoms with Crippen LogP contribution < -0.4 is 5.32 Å². The highest BCUT2D eigenvalue weighted by Crippen LogP contribution is 2.24. The number of aliphatic hydroxyl groups is 1. The minimum Gasteiger partial charge on any atom is -0.386 e. The van der Waals surface area contributed by atoms with Gasteiger partial charge in [-0.05, 0) is 24.3 Å². The molecular formula is C14H17F3N2O3S. The van der Waals surface area contributed by atoms with Gasteiger partial charge in [0.15, 0.2) is 0 Å². The third-order valence-electron chi connectivity index (χ3n) is 3.74. The van der Waals surface area contributed by atoms with Crippen molar-refractivity contribution in [3.05, 3.63) is 22.4 Å². The van der Waals surface area contributed by atoms with Crippen LogP contribution in [0.15, 0.2) is 17.5 Å². The number of thiophene rings is 1. The van der Waals surface area contributed by atoms with Gasteiger partial charge in [0.1, 0.15) is 6.10 Å². The summed E-state index contributed by atoms with van der Waals surface area (Å²) in [6, 6.07) is 3.54. The highest BCUT2D eigenvalue weighted by atomic mass is 32.1. The molecule has 0 saturated carbocycles. The van der Waals surface area contributed by atoms with Crippen molar-refractivity contribution in [1.29, 1.82) is 0 Å². The fourth-order valence-corrected chi connectivity index (χ4v) is 3.16. The summed E-state index contributed by atoms with van der Waals surface area (Å²) in [6.07, 6.45) is -5.31. The molecule has 9 heteroatoms. The van der Waals surface area contributed by atoms with Crippen molar-refractivity contribution < 1.29 is 27.9 Å². The minimum atomic E-state index is -4.88. The van der Waals surface area contributed by atoms with Crippen molar-refractivity contribution in [3.63, 3.8) is 0 Å². The van der Waals surface area contributed by atoms with E-state index in [1.165, 1.54) is 11.3 Å². The Morgan fingerprint density at radius 2 is 2.04 bits per heavy atom. The van der Waals surface area contributed by atoms with Crippen LogP contribution in [0.2, 0.25) is 0 Å². The zero-order valence-corrected chi connectivity index (χ0v) is 13.0. The van der Waals surface area contributed by atoms with E-state index in [4.69, 9.17) is 0 Å². The molecule has 1 atom stereocenters. The first-order valence-corrected chi connectivity index (χ1v) is 8.02. The molecule has 1 aliphatic heterocycles. The zero-order valence-electron chi connectivity index (χ0n) is 12.2. The number of rotatable bonds is 4. The van der Waals surface area contributed by atoms with Gasteiger partial charge in [0.2, 0.25) is 5.91 Å². The maximum absolute atomic E-state index is 12.3. The molecule has 2 heterocycles. The Labute approximate surface area is 135 Å². The van der Waals surface area contributed by atoms with Gasteiger partial charge in [-0.15, -0.1) is 11.3 Å². The predicted octanol–water partition coefficient (Wildman–Crippen LogP) is 1.70. The lowest BCUT2D eigenvalue weighted by atomic mass is 9.95. The molecule has 23 heavy (non-hydrogen) atoms. The molecule has 1 aromatic rings. The predicted molar refractivity (Wildman–Crippen MR) is 77.6 cm³/mol. The molecule has 1 aromatic heterocycles. The van der Waals surface area contributed by atoms with Gasteiger partial charge in [0, 0.05) is 30.4 Å². The van der Waals surface area contributed by atoms with Crippen molar-refractivity contribution in [2.24, 2.45) is 5.92 Å². The van der Waals surface area contributed by atoms with Crippen LogP contribution in [0, 0.1) is 5.92 Å². The Balaban J connectivity index is 1.76. The van der Waals surface area contributed by atoms with Gasteiger partial charge in [-0.1, -0.05) is 6.07 Å². The van der Waals surface area contributed by atoms with Crippen LogP contribution in [-0.2, 0) is 9.59 Å². The van der Waals surface area contributed by atoms with E-state index in [0.29, 0.717) is 0 Å². The number of nitrogens with zero attached hydrogens (tertiary/aromatic N) is 1. The summed E-state index contributed by atoms with van der Waals surface area (Å²) in [4.78, 5) is 24.6. The lowest BCUT2D eigenvalue weighted by Crippen LogP contribution is -2.47. The number of carbonyl (C=O) groups excluding carboxylic acids is 2. The van der Waals surface area contributed by atoms with Crippen LogP contribution >= 0.6 is 11.3 Å². The molecule has 1 saturated heterocycles. The lowest BCUT2D eigenvalue weighted by molar-refractivity contribution is -0.186. The Morgan fingerprint density at radius 3 is 2.57 bits per heavy atom. The first-order valence-electron chi connectivity index (χ1n) is 7.14. The molecule has 1 unspecified atom stereocenters. The smallest absolute Gasteiger partial charge is 0.386 e. The van der Waals surface area contributed by atoms with Gasteiger partial charge in [-0.3, -0.25) is 9.59 Å². The molecule has 1 aliphatic rings. The molecule has 2 N–H and O–H groups in total. The van der Waals surface area contributed by atoms with E-state index in [2.05, 4.69) is 5.32 Å². The Morgan fingerprint density at radius 1 is 1.39 bits per heavy atom. The number of carbonyl (C=O) groups is 2. The fourth-order valence-electron chi connectivity index (χ4n) is 2.45. The number of piperidine rings is 1. The first kappa shape index (κ1) is 17.7. The minimum absolute atomic E-state index is 0.0566. The first-order chi connectivity index (χ1) is 10.8. The van der Waals surface area contributed by atoms with Crippen molar-refractivity contribution in [3.8, 4) is 0 Å². The molecule has 1 fully saturated rings. The van der Waals surface area contributed by atoms with E-state index < -0.39 is 24.1 Å². The Hall–Kier alpha value is -1.61. The van der Waals surface area contributed by atoms with Crippen LogP contribution in [0.1, 0.15) is 23.8 Å². The van der Waals surface area contributed by atoms with Crippen LogP contribution in [-0.4, -0.2) is 47.6 Å². The Bertz CT molecular complexity index is 540. The number of aliphatic hydroxyl groups excluding tert-OH is 1. The number of amides is 2. The summed E-state index contributed by atoms with van der Waals surface area (Å²) in [6.45, 7) is -0.130. The molecule has 0 bridgehead atoms. The van der Waals surface area contributed by atoms with E-state index in [1.807, 2.05) is 5.38 Å². The fraction of sp³-hybridized carbons (Fsp3) is 0.571. The summed E-state index contributed by atoms with van der Waals surface area (Å²) >= 11 is 1.37. The average molecular weight is 350 g/mol. The highest BCUT2D eigenvalue weighted by Gasteiger charge is 2.43. The summed E-state index contributed by atoms with van der Waals surface area (Å²) in [5.41, 5.74) is 0. The molecular weight excluding hydrogens is 333 g/mol. The van der Waals surface area contributed by atoms with E-state index >= 15 is 0 Å². The van der Waals surface area contributed by atoms with Gasteiger partial charge < -0.3 is 15.3 Å². The van der Waals surface area contributed by atoms with Gasteiger partial charge in [0.05, 0.1) is 0 Å². The monoisotopic (exact) mass is 350 g/mol. The van der Waals surface area contributed by atoms with Crippen molar-refractivity contribution in [1.82, 2.24) is 10.2 Å². The lowest BCUT2D eigenvalue weighted by Gasteiger charge is -2.31. The van der Waals surface area contributed by atoms with Crippen molar-refractivity contribution in [2.45, 2.75) is 25.1 Å². The molecule has 0 aromatic carbocycles. The van der Waals surface area contributed by atoms with Crippen LogP contribution in [0.25, 0.3) is 0 Å². The number of halogens is 3. The zero-order chi connectivity index (χ0) is 17.0. The molecule has 128 valence electrons. The molecule has 0 aliphatic carbocycles. The van der Waals surface area contributed by atoms with Gasteiger partial charge in [-0.2, -0.15) is 13.2 Å². The van der Waals surface area contributed by atoms with Crippen LogP contribution in [0.3, 0.4) is 0 Å². The number of hydrogen-bond donors (Lipinski definition) is 2. The van der Waals surface area contributed by atoms with E-state index in [1.54, 1.807) is 12.1 Å². The van der Waals surface area contributed by atoms with E-state index in [0.717, 1.165) is 9.78 Å². The van der Waals surface area contributed by atoms with E-state index in [9.17, 15) is 27.9 Å². The topological polar surface area (TPSA) is 69.6 Å². The molecule has 0 spiro atoms. The summed E-state index contributed by atoms with van der Waals surface area (Å²) < 4.78 is 37.0. The quantitative estimate of drug-likeness (QED) is 0.868. The molecule has 0 radical (unpaired) electrons. The number of alkyl halides is 3. The summed E-state index contributed by atoms with van der Waals surface area (Å²) in [5, 5.41) is 14.3. The van der Waals surface area contributed by atoms with Crippen molar-refractivity contribution >= 4 is 23.2 Å². The highest BCUT2D eigenvalue weighted by molar-refractivity contribution is 7.10. The largest absolute Gasteiger partial charge is 0.471 e. The number of nitrogens with one attached hydrogen (secondary N) is 1. The van der Waals surface area contributed by atoms with Gasteiger partial charge >= 0.3 is 12.1 Å². The maximum atomic E-state index is 12.3. The maximum Gasteiger partial charge on any atom is 0.471 e. The van der Waals surface area contributed by atoms with Crippen LogP contribution in [0.4, 0.5) is 13.2 Å². The number of likely N-dealkylation sites (tertiary alicyclic amines) is 1. The number of hydrogen-bond acceptors (Lipinski definition) is 4. The third-order valence-corrected chi connectivity index (χ3v) is 4.71. The SMILES string of the molecule is O=C(NCC(O)c1cccs1)C1CCN(C(=O)C(F)(F)F)CC1. The van der Waals surface area contributed by atoms with Gasteiger partial charge in [0.25, 0.3) is 0 Å². The second kappa shape index (κ2) is 7.31. The standard InChI is InChI=1S/C14H17F3N2O3S/c15-14(16,17)13(22)19-5-3-9(4-6-19)12(21)18-8-10(20)11-2-1-7-23-11/h1-2,7,9-10,20H,3-6,8H2,(H,18,21). The normalized spacial score (nSPS) is 17.8. The third kappa shape index (κ3) is 4.68. The molecule has 5 nitrogen and oxygen atoms in total. The molecule has 2 rings (SSSR count). The average Bonchev–Trinajstić information content (AvgIpc) is 3.05. The van der Waals surface area contributed by atoms with E-state index in [-0.39, 0.29) is 38.4 Å². The second-order valence-electron chi connectivity index (χ2n) is 5.34. The van der Waals surface area contributed by atoms with Crippen molar-refractivity contribution in [2.75, 3.05) is 19.6 Å². The molecule has 2 amide bonds. The van der Waals surface area contributed by atoms with Crippen LogP contribution in [0.5, 0.6) is 0 Å². The summed E-state index contributed by atoms with van der Waals surface area (Å²) in [5.74, 6) is -2.60. The van der Waals surface area contributed by atoms with Gasteiger partial charge in [-0.25, -0.2) is 0 Å². The summed E-state index contributed by atoms with van der Waals surface area (Å²) in [7, 11) is 0. The second-order valence-corrected chi connectivity index (χ2v) is 6.32.